The normalized spacial score (nSPS) is 13.2. The fraction of sp³-hybridized carbons (Fsp3) is 0.417. The second kappa shape index (κ2) is 5.10. The van der Waals surface area contributed by atoms with E-state index in [0.29, 0.717) is 0 Å². The smallest absolute Gasteiger partial charge is 0.219 e. The third-order valence-corrected chi connectivity index (χ3v) is 5.02. The van der Waals surface area contributed by atoms with E-state index in [2.05, 4.69) is 31.3 Å². The predicted octanol–water partition coefficient (Wildman–Crippen LogP) is 2.42. The van der Waals surface area contributed by atoms with Gasteiger partial charge in [0.15, 0.2) is 0 Å². The molecule has 0 aromatic heterocycles. The van der Waals surface area contributed by atoms with Gasteiger partial charge in [0, 0.05) is 0 Å². The first-order valence-electron chi connectivity index (χ1n) is 5.23. The maximum absolute atomic E-state index is 8.88. The highest BCUT2D eigenvalue weighted by molar-refractivity contribution is 6.84. The molecule has 0 fully saturated rings. The van der Waals surface area contributed by atoms with Crippen molar-refractivity contribution in [2.45, 2.75) is 32.5 Å². The average molecular weight is 219 g/mol. The van der Waals surface area contributed by atoms with E-state index in [4.69, 9.17) is 9.69 Å². The van der Waals surface area contributed by atoms with Gasteiger partial charge in [0.05, 0.1) is 6.07 Å². The quantitative estimate of drug-likeness (QED) is 0.729. The van der Waals surface area contributed by atoms with Crippen LogP contribution in [0.15, 0.2) is 30.3 Å². The fourth-order valence-electron chi connectivity index (χ4n) is 1.46. The molecule has 0 N–H and O–H groups in total. The van der Waals surface area contributed by atoms with Crippen LogP contribution in [-0.2, 0) is 4.43 Å². The minimum atomic E-state index is -1.91. The third-order valence-electron chi connectivity index (χ3n) is 2.42. The topological polar surface area (TPSA) is 33.0 Å². The Balaban J connectivity index is 2.80. The van der Waals surface area contributed by atoms with Crippen molar-refractivity contribution in [2.24, 2.45) is 0 Å². The maximum atomic E-state index is 8.88. The van der Waals surface area contributed by atoms with Gasteiger partial charge in [-0.25, -0.2) is 0 Å². The summed E-state index contributed by atoms with van der Waals surface area (Å²) in [4.78, 5) is 0. The molecule has 0 saturated heterocycles. The molecule has 0 heterocycles. The summed E-state index contributed by atoms with van der Waals surface area (Å²) < 4.78 is 5.90. The number of nitrogens with zero attached hydrogens (tertiary/aromatic N) is 1. The average Bonchev–Trinajstić information content (AvgIpc) is 2.27. The Bertz CT molecular complexity index is 342. The van der Waals surface area contributed by atoms with Crippen LogP contribution in [0.1, 0.15) is 13.3 Å². The van der Waals surface area contributed by atoms with Crippen molar-refractivity contribution < 1.29 is 4.43 Å². The Morgan fingerprint density at radius 3 is 2.40 bits per heavy atom. The van der Waals surface area contributed by atoms with Crippen LogP contribution >= 0.6 is 0 Å². The largest absolute Gasteiger partial charge is 0.397 e. The fourth-order valence-corrected chi connectivity index (χ4v) is 3.53. The predicted molar refractivity (Wildman–Crippen MR) is 64.3 cm³/mol. The molecule has 0 radical (unpaired) electrons. The Kier molecular flexibility index (Phi) is 4.07. The minimum absolute atomic E-state index is 0.271. The van der Waals surface area contributed by atoms with Gasteiger partial charge in [-0.2, -0.15) is 5.26 Å². The second-order valence-corrected chi connectivity index (χ2v) is 7.85. The van der Waals surface area contributed by atoms with Crippen molar-refractivity contribution in [3.8, 4) is 6.07 Å². The third kappa shape index (κ3) is 3.19. The van der Waals surface area contributed by atoms with Crippen LogP contribution in [-0.4, -0.2) is 14.4 Å². The Morgan fingerprint density at radius 2 is 1.93 bits per heavy atom. The summed E-state index contributed by atoms with van der Waals surface area (Å²) in [5, 5.41) is 10.1. The van der Waals surface area contributed by atoms with Gasteiger partial charge in [0.25, 0.3) is 0 Å². The highest BCUT2D eigenvalue weighted by atomic mass is 28.4. The molecule has 0 spiro atoms. The first-order valence-corrected chi connectivity index (χ1v) is 8.14. The van der Waals surface area contributed by atoms with E-state index in [9.17, 15) is 0 Å². The monoisotopic (exact) mass is 219 g/mol. The van der Waals surface area contributed by atoms with Crippen molar-refractivity contribution in [3.63, 3.8) is 0 Å². The van der Waals surface area contributed by atoms with Crippen LogP contribution in [0.3, 0.4) is 0 Å². The van der Waals surface area contributed by atoms with Gasteiger partial charge in [-0.3, -0.25) is 0 Å². The molecule has 3 heteroatoms. The molecule has 0 bridgehead atoms. The number of benzene rings is 1. The first-order chi connectivity index (χ1) is 7.10. The number of nitriles is 1. The molecule has 1 aromatic rings. The van der Waals surface area contributed by atoms with Gasteiger partial charge in [0.1, 0.15) is 6.10 Å². The van der Waals surface area contributed by atoms with Crippen molar-refractivity contribution >= 4 is 13.5 Å². The van der Waals surface area contributed by atoms with Crippen LogP contribution in [0.5, 0.6) is 0 Å². The highest BCUT2D eigenvalue weighted by Gasteiger charge is 2.28. The standard InChI is InChI=1S/C12H17NOSi/c1-4-11(10-13)14-15(2,3)12-8-6-5-7-9-12/h5-9,11H,4H2,1-3H3. The summed E-state index contributed by atoms with van der Waals surface area (Å²) in [7, 11) is -1.91. The van der Waals surface area contributed by atoms with E-state index in [-0.39, 0.29) is 6.10 Å². The Morgan fingerprint density at radius 1 is 1.33 bits per heavy atom. The highest BCUT2D eigenvalue weighted by Crippen LogP contribution is 2.10. The van der Waals surface area contributed by atoms with Gasteiger partial charge in [-0.15, -0.1) is 0 Å². The molecular formula is C12H17NOSi. The molecule has 0 amide bonds. The molecule has 1 rings (SSSR count). The zero-order chi connectivity index (χ0) is 11.3. The van der Waals surface area contributed by atoms with E-state index >= 15 is 0 Å². The van der Waals surface area contributed by atoms with E-state index in [0.717, 1.165) is 6.42 Å². The molecule has 2 nitrogen and oxygen atoms in total. The molecule has 1 aromatic carbocycles. The zero-order valence-electron chi connectivity index (χ0n) is 9.53. The number of rotatable bonds is 4. The van der Waals surface area contributed by atoms with Crippen LogP contribution < -0.4 is 5.19 Å². The van der Waals surface area contributed by atoms with Crippen molar-refractivity contribution in [1.82, 2.24) is 0 Å². The van der Waals surface area contributed by atoms with Gasteiger partial charge < -0.3 is 4.43 Å². The van der Waals surface area contributed by atoms with Crippen LogP contribution in [0.4, 0.5) is 0 Å². The van der Waals surface area contributed by atoms with E-state index in [1.165, 1.54) is 5.19 Å². The van der Waals surface area contributed by atoms with E-state index in [1.54, 1.807) is 0 Å². The van der Waals surface area contributed by atoms with Crippen LogP contribution in [0.25, 0.3) is 0 Å². The summed E-state index contributed by atoms with van der Waals surface area (Å²) in [5.74, 6) is 0. The van der Waals surface area contributed by atoms with Crippen molar-refractivity contribution in [3.05, 3.63) is 30.3 Å². The second-order valence-electron chi connectivity index (χ2n) is 4.02. The number of hydrogen-bond donors (Lipinski definition) is 0. The molecule has 0 saturated carbocycles. The Hall–Kier alpha value is -1.11. The van der Waals surface area contributed by atoms with Gasteiger partial charge >= 0.3 is 0 Å². The van der Waals surface area contributed by atoms with Crippen molar-refractivity contribution in [1.29, 1.82) is 5.26 Å². The van der Waals surface area contributed by atoms with Gasteiger partial charge in [-0.1, -0.05) is 37.3 Å². The summed E-state index contributed by atoms with van der Waals surface area (Å²) in [6, 6.07) is 12.4. The summed E-state index contributed by atoms with van der Waals surface area (Å²) in [6.07, 6.45) is 0.478. The molecular weight excluding hydrogens is 202 g/mol. The molecule has 0 aliphatic carbocycles. The Labute approximate surface area is 92.6 Å². The van der Waals surface area contributed by atoms with E-state index < -0.39 is 8.32 Å². The molecule has 80 valence electrons. The minimum Gasteiger partial charge on any atom is -0.397 e. The summed E-state index contributed by atoms with van der Waals surface area (Å²) in [5.41, 5.74) is 0. The molecule has 0 aliphatic heterocycles. The lowest BCUT2D eigenvalue weighted by molar-refractivity contribution is 0.248. The molecule has 1 unspecified atom stereocenters. The molecule has 0 aliphatic rings. The SMILES string of the molecule is CCC(C#N)O[Si](C)(C)c1ccccc1. The van der Waals surface area contributed by atoms with Crippen LogP contribution in [0, 0.1) is 11.3 Å². The lowest BCUT2D eigenvalue weighted by atomic mass is 10.3. The van der Waals surface area contributed by atoms with Crippen molar-refractivity contribution in [2.75, 3.05) is 0 Å². The number of hydrogen-bond acceptors (Lipinski definition) is 2. The van der Waals surface area contributed by atoms with Gasteiger partial charge in [0.2, 0.25) is 8.32 Å². The van der Waals surface area contributed by atoms with Crippen LogP contribution in [0.2, 0.25) is 13.1 Å². The molecule has 1 atom stereocenters. The van der Waals surface area contributed by atoms with E-state index in [1.807, 2.05) is 25.1 Å². The first kappa shape index (κ1) is 12.0. The summed E-state index contributed by atoms with van der Waals surface area (Å²) >= 11 is 0. The lowest BCUT2D eigenvalue weighted by Crippen LogP contribution is -2.47. The maximum Gasteiger partial charge on any atom is 0.219 e. The molecule has 15 heavy (non-hydrogen) atoms. The lowest BCUT2D eigenvalue weighted by Gasteiger charge is -2.25. The zero-order valence-corrected chi connectivity index (χ0v) is 10.5. The van der Waals surface area contributed by atoms with Gasteiger partial charge in [-0.05, 0) is 24.7 Å². The summed E-state index contributed by atoms with van der Waals surface area (Å²) in [6.45, 7) is 6.23.